The predicted octanol–water partition coefficient (Wildman–Crippen LogP) is 15.2. The number of phenols is 2. The van der Waals surface area contributed by atoms with Crippen LogP contribution in [0.2, 0.25) is 0 Å². The first-order valence-corrected chi connectivity index (χ1v) is 30.8. The van der Waals surface area contributed by atoms with Crippen molar-refractivity contribution < 1.29 is 57.8 Å². The molecule has 0 saturated heterocycles. The third-order valence-electron chi connectivity index (χ3n) is 13.5. The number of rotatable bonds is 15. The van der Waals surface area contributed by atoms with Gasteiger partial charge in [0.25, 0.3) is 0 Å². The van der Waals surface area contributed by atoms with Crippen molar-refractivity contribution in [3.8, 4) is 23.0 Å². The van der Waals surface area contributed by atoms with Crippen molar-refractivity contribution in [3.05, 3.63) is 116 Å². The number of hydrogen-bond acceptors (Lipinski definition) is 14. The van der Waals surface area contributed by atoms with Crippen LogP contribution in [-0.4, -0.2) is 95.2 Å². The summed E-state index contributed by atoms with van der Waals surface area (Å²) in [5.74, 6) is 1.01. The molecule has 6 N–H and O–H groups in total. The van der Waals surface area contributed by atoms with Gasteiger partial charge in [-0.3, -0.25) is 21.3 Å². The van der Waals surface area contributed by atoms with Gasteiger partial charge >= 0.3 is 24.4 Å². The van der Waals surface area contributed by atoms with Crippen molar-refractivity contribution in [2.24, 2.45) is 9.98 Å². The van der Waals surface area contributed by atoms with Crippen LogP contribution < -0.4 is 30.7 Å². The molecule has 0 aliphatic heterocycles. The van der Waals surface area contributed by atoms with Gasteiger partial charge in [0, 0.05) is 19.3 Å². The van der Waals surface area contributed by atoms with E-state index >= 15 is 0 Å². The van der Waals surface area contributed by atoms with Gasteiger partial charge in [-0.15, -0.1) is 0 Å². The molecule has 0 aliphatic rings. The molecule has 0 atom stereocenters. The number of ether oxygens (including phenoxy) is 6. The maximum Gasteiger partial charge on any atom is 0.414 e. The molecule has 4 aromatic carbocycles. The Balaban J connectivity index is 1.94. The Bertz CT molecular complexity index is 3150. The molecule has 89 heavy (non-hydrogen) atoms. The molecule has 4 amide bonds. The molecular formula is C71H106N6O12. The van der Waals surface area contributed by atoms with Crippen molar-refractivity contribution >= 4 is 36.3 Å². The van der Waals surface area contributed by atoms with E-state index in [1.807, 2.05) is 25.1 Å². The summed E-state index contributed by atoms with van der Waals surface area (Å²) in [5.41, 5.74) is 4.82. The number of phenolic OH excluding ortho intramolecular Hbond substituents is 2. The van der Waals surface area contributed by atoms with Crippen molar-refractivity contribution in [1.82, 2.24) is 21.3 Å². The molecule has 0 aliphatic carbocycles. The number of nitrogens with zero attached hydrogens (tertiary/aromatic N) is 2. The second kappa shape index (κ2) is 29.0. The number of alkyl carbamates (subject to hydrolysis) is 4. The SMILES string of the molecule is CCc1cc(C(C)(C)C)cc(Cc2cc(C(C)(C)C)cc(Cc3cc(C(C)(C)C)cc(Cc4cc(C(C)(C)C)ccc4OCCN=C(NC(=O)OC(C)(C)C)NC(=O)OC(C)(C)C)c3O)c2OCCN=C(NC(=O)OC(C)(C)C)NC(=O)OC(C)(C)C)c1O. The standard InChI is InChI=1S/C71H106N6O12/c1-26-43-36-51(65(5,6)7)39-46(55(43)78)34-48-41-53(67(11,12)13)42-49(57(48)85-32-30-73-59(76-62(82)88-70(20,21)22)77-63(83)89-71(23,24)25)35-47-40-52(66(8,9)10)38-45(56(47)79)33-44-37-50(64(2,3)4)27-28-54(44)84-31-29-72-58(74-60(80)86-68(14,15)16)75-61(81)87-69(17,18)19/h27-28,36-42,78-79H,26,29-35H2,1-25H3,(H2,72,74,75,80,81)(H2,73,76,77,82,83). The largest absolute Gasteiger partial charge is 0.507 e. The molecule has 0 aromatic heterocycles. The summed E-state index contributed by atoms with van der Waals surface area (Å²) in [6.07, 6.45) is -1.89. The molecule has 0 saturated carbocycles. The van der Waals surface area contributed by atoms with Crippen LogP contribution in [0.3, 0.4) is 0 Å². The molecular weight excluding hydrogens is 1130 g/mol. The summed E-state index contributed by atoms with van der Waals surface area (Å²) < 4.78 is 35.3. The van der Waals surface area contributed by atoms with Gasteiger partial charge in [-0.1, -0.05) is 139 Å². The van der Waals surface area contributed by atoms with Crippen molar-refractivity contribution in [3.63, 3.8) is 0 Å². The van der Waals surface area contributed by atoms with E-state index in [-0.39, 0.29) is 84.2 Å². The van der Waals surface area contributed by atoms with Crippen LogP contribution >= 0.6 is 0 Å². The molecule has 0 bridgehead atoms. The monoisotopic (exact) mass is 1230 g/mol. The summed E-state index contributed by atoms with van der Waals surface area (Å²) in [4.78, 5) is 60.9. The number of aromatic hydroxyl groups is 2. The van der Waals surface area contributed by atoms with E-state index in [1.54, 1.807) is 83.1 Å². The molecule has 0 spiro atoms. The number of amides is 4. The van der Waals surface area contributed by atoms with Crippen LogP contribution in [-0.2, 0) is 66.3 Å². The third-order valence-corrected chi connectivity index (χ3v) is 13.5. The summed E-state index contributed by atoms with van der Waals surface area (Å²) in [5, 5.41) is 35.0. The molecule has 18 nitrogen and oxygen atoms in total. The Hall–Kier alpha value is -7.50. The van der Waals surface area contributed by atoms with Gasteiger partial charge in [0.15, 0.2) is 0 Å². The Morgan fingerprint density at radius 3 is 0.978 bits per heavy atom. The number of benzene rings is 4. The van der Waals surface area contributed by atoms with E-state index < -0.39 is 46.8 Å². The first-order valence-electron chi connectivity index (χ1n) is 30.8. The van der Waals surface area contributed by atoms with Gasteiger partial charge in [0.1, 0.15) is 58.6 Å². The van der Waals surface area contributed by atoms with E-state index in [1.165, 1.54) is 0 Å². The highest BCUT2D eigenvalue weighted by atomic mass is 16.6. The van der Waals surface area contributed by atoms with E-state index in [0.29, 0.717) is 35.5 Å². The molecule has 0 heterocycles. The summed E-state index contributed by atoms with van der Waals surface area (Å²) >= 11 is 0. The average Bonchev–Trinajstić information content (AvgIpc) is 1.62. The molecule has 18 heteroatoms. The zero-order chi connectivity index (χ0) is 67.6. The average molecular weight is 1240 g/mol. The number of aryl methyl sites for hydroxylation is 1. The fraction of sp³-hybridized carbons (Fsp3) is 0.577. The van der Waals surface area contributed by atoms with E-state index in [2.05, 4.69) is 151 Å². The van der Waals surface area contributed by atoms with Crippen molar-refractivity contribution in [2.75, 3.05) is 26.3 Å². The van der Waals surface area contributed by atoms with Crippen LogP contribution in [0.4, 0.5) is 19.2 Å². The Kier molecular flexibility index (Phi) is 24.1. The zero-order valence-electron chi connectivity index (χ0n) is 58.2. The van der Waals surface area contributed by atoms with Crippen LogP contribution in [0.1, 0.15) is 234 Å². The molecule has 492 valence electrons. The summed E-state index contributed by atoms with van der Waals surface area (Å²) in [6.45, 7) is 48.4. The number of guanidine groups is 2. The lowest BCUT2D eigenvalue weighted by Crippen LogP contribution is -2.47. The highest BCUT2D eigenvalue weighted by molar-refractivity contribution is 6.02. The second-order valence-corrected chi connectivity index (χ2v) is 30.8. The topological polar surface area (TPSA) is 237 Å². The Morgan fingerprint density at radius 2 is 0.663 bits per heavy atom. The summed E-state index contributed by atoms with van der Waals surface area (Å²) in [7, 11) is 0. The smallest absolute Gasteiger partial charge is 0.414 e. The molecule has 4 rings (SSSR count). The summed E-state index contributed by atoms with van der Waals surface area (Å²) in [6, 6.07) is 18.5. The van der Waals surface area contributed by atoms with Gasteiger partial charge in [-0.25, -0.2) is 29.2 Å². The number of nitrogens with one attached hydrogen (secondary N) is 4. The minimum absolute atomic E-state index is 0.0111. The van der Waals surface area contributed by atoms with Crippen LogP contribution in [0.15, 0.2) is 64.6 Å². The zero-order valence-corrected chi connectivity index (χ0v) is 58.2. The molecule has 4 aromatic rings. The van der Waals surface area contributed by atoms with Gasteiger partial charge in [0.2, 0.25) is 11.9 Å². The lowest BCUT2D eigenvalue weighted by Gasteiger charge is -2.27. The molecule has 0 fully saturated rings. The first-order chi connectivity index (χ1) is 40.5. The highest BCUT2D eigenvalue weighted by Crippen LogP contribution is 2.42. The van der Waals surface area contributed by atoms with Gasteiger partial charge in [-0.05, 0) is 178 Å². The lowest BCUT2D eigenvalue weighted by atomic mass is 9.80. The molecule has 0 unspecified atom stereocenters. The quantitative estimate of drug-likeness (QED) is 0.0282. The predicted molar refractivity (Wildman–Crippen MR) is 355 cm³/mol. The third kappa shape index (κ3) is 24.8. The number of carbonyl (C=O) groups is 4. The van der Waals surface area contributed by atoms with Crippen molar-refractivity contribution in [2.45, 2.75) is 243 Å². The minimum Gasteiger partial charge on any atom is -0.507 e. The fourth-order valence-corrected chi connectivity index (χ4v) is 9.08. The highest BCUT2D eigenvalue weighted by Gasteiger charge is 2.29. The van der Waals surface area contributed by atoms with Gasteiger partial charge in [0.05, 0.1) is 13.1 Å². The Morgan fingerprint density at radius 1 is 0.382 bits per heavy atom. The van der Waals surface area contributed by atoms with Crippen LogP contribution in [0.5, 0.6) is 23.0 Å². The maximum absolute atomic E-state index is 13.1. The number of hydrogen-bond donors (Lipinski definition) is 6. The fourth-order valence-electron chi connectivity index (χ4n) is 9.08. The minimum atomic E-state index is -0.844. The normalized spacial score (nSPS) is 12.5. The lowest BCUT2D eigenvalue weighted by molar-refractivity contribution is 0.0521. The number of aliphatic imine (C=N–C) groups is 2. The van der Waals surface area contributed by atoms with E-state index in [0.717, 1.165) is 50.1 Å². The Labute approximate surface area is 531 Å². The maximum atomic E-state index is 13.1. The van der Waals surface area contributed by atoms with E-state index in [4.69, 9.17) is 28.4 Å². The van der Waals surface area contributed by atoms with Gasteiger partial charge < -0.3 is 38.6 Å². The van der Waals surface area contributed by atoms with E-state index in [9.17, 15) is 29.4 Å². The second-order valence-electron chi connectivity index (χ2n) is 30.8. The van der Waals surface area contributed by atoms with Crippen LogP contribution in [0.25, 0.3) is 0 Å². The van der Waals surface area contributed by atoms with Gasteiger partial charge in [-0.2, -0.15) is 0 Å². The number of carbonyl (C=O) groups excluding carboxylic acids is 4. The van der Waals surface area contributed by atoms with Crippen LogP contribution in [0, 0.1) is 0 Å². The first kappa shape index (κ1) is 74.0. The molecule has 0 radical (unpaired) electrons. The van der Waals surface area contributed by atoms with Crippen molar-refractivity contribution in [1.29, 1.82) is 0 Å².